The number of ether oxygens (including phenoxy) is 1. The summed E-state index contributed by atoms with van der Waals surface area (Å²) in [4.78, 5) is 10.7. The molecular formula is C13H17NO2. The maximum absolute atomic E-state index is 10.7. The van der Waals surface area contributed by atoms with E-state index in [0.29, 0.717) is 13.2 Å². The third-order valence-electron chi connectivity index (χ3n) is 2.12. The van der Waals surface area contributed by atoms with E-state index in [4.69, 9.17) is 4.74 Å². The Morgan fingerprint density at radius 2 is 2.06 bits per heavy atom. The Hall–Kier alpha value is -1.61. The van der Waals surface area contributed by atoms with Gasteiger partial charge in [-0.2, -0.15) is 0 Å². The molecule has 3 nitrogen and oxygen atoms in total. The van der Waals surface area contributed by atoms with Crippen molar-refractivity contribution in [2.24, 2.45) is 0 Å². The summed E-state index contributed by atoms with van der Waals surface area (Å²) in [6, 6.07) is 10.3. The summed E-state index contributed by atoms with van der Waals surface area (Å²) < 4.78 is 4.82. The van der Waals surface area contributed by atoms with Crippen LogP contribution in [0.1, 0.15) is 5.56 Å². The summed E-state index contributed by atoms with van der Waals surface area (Å²) in [7, 11) is 0. The topological polar surface area (TPSA) is 38.3 Å². The van der Waals surface area contributed by atoms with Crippen LogP contribution < -0.4 is 5.32 Å². The maximum atomic E-state index is 10.7. The van der Waals surface area contributed by atoms with E-state index in [2.05, 4.69) is 24.0 Å². The molecule has 0 amide bonds. The van der Waals surface area contributed by atoms with E-state index in [0.717, 1.165) is 13.0 Å². The van der Waals surface area contributed by atoms with Crippen LogP contribution in [-0.4, -0.2) is 25.7 Å². The van der Waals surface area contributed by atoms with Crippen molar-refractivity contribution >= 4 is 5.97 Å². The Bertz CT molecular complexity index is 322. The molecule has 0 aliphatic carbocycles. The molecule has 0 fully saturated rings. The number of benzene rings is 1. The first-order valence-corrected chi connectivity index (χ1v) is 5.37. The zero-order chi connectivity index (χ0) is 11.6. The molecule has 0 saturated heterocycles. The lowest BCUT2D eigenvalue weighted by Gasteiger charge is -2.05. The predicted molar refractivity (Wildman–Crippen MR) is 64.2 cm³/mol. The fourth-order valence-electron chi connectivity index (χ4n) is 1.29. The average Bonchev–Trinajstić information content (AvgIpc) is 2.34. The Labute approximate surface area is 96.1 Å². The molecule has 0 atom stereocenters. The minimum Gasteiger partial charge on any atom is -0.461 e. The zero-order valence-corrected chi connectivity index (χ0v) is 9.32. The van der Waals surface area contributed by atoms with E-state index >= 15 is 0 Å². The number of carbonyl (C=O) groups is 1. The van der Waals surface area contributed by atoms with Gasteiger partial charge in [0.1, 0.15) is 6.61 Å². The van der Waals surface area contributed by atoms with Crippen molar-refractivity contribution < 1.29 is 9.53 Å². The molecule has 1 N–H and O–H groups in total. The summed E-state index contributed by atoms with van der Waals surface area (Å²) in [5.41, 5.74) is 1.30. The fourth-order valence-corrected chi connectivity index (χ4v) is 1.29. The second-order valence-corrected chi connectivity index (χ2v) is 3.36. The van der Waals surface area contributed by atoms with Crippen molar-refractivity contribution in [1.82, 2.24) is 5.32 Å². The molecule has 0 spiro atoms. The van der Waals surface area contributed by atoms with Crippen molar-refractivity contribution in [1.29, 1.82) is 0 Å². The highest BCUT2D eigenvalue weighted by Crippen LogP contribution is 1.97. The number of rotatable bonds is 7. The normalized spacial score (nSPS) is 9.75. The van der Waals surface area contributed by atoms with Crippen molar-refractivity contribution in [3.8, 4) is 0 Å². The zero-order valence-electron chi connectivity index (χ0n) is 9.32. The molecule has 0 radical (unpaired) electrons. The van der Waals surface area contributed by atoms with Gasteiger partial charge in [0.2, 0.25) is 0 Å². The van der Waals surface area contributed by atoms with Gasteiger partial charge in [0.05, 0.1) is 0 Å². The summed E-state index contributed by atoms with van der Waals surface area (Å²) in [5, 5.41) is 3.20. The third-order valence-corrected chi connectivity index (χ3v) is 2.12. The van der Waals surface area contributed by atoms with Crippen LogP contribution in [-0.2, 0) is 16.0 Å². The first-order valence-electron chi connectivity index (χ1n) is 5.37. The van der Waals surface area contributed by atoms with E-state index in [9.17, 15) is 4.79 Å². The van der Waals surface area contributed by atoms with Crippen LogP contribution in [0.3, 0.4) is 0 Å². The van der Waals surface area contributed by atoms with Gasteiger partial charge in [-0.1, -0.05) is 36.9 Å². The van der Waals surface area contributed by atoms with Crippen LogP contribution in [0, 0.1) is 0 Å². The molecule has 3 heteroatoms. The van der Waals surface area contributed by atoms with Gasteiger partial charge in [0.25, 0.3) is 0 Å². The molecule has 0 aliphatic heterocycles. The van der Waals surface area contributed by atoms with Crippen LogP contribution in [0.5, 0.6) is 0 Å². The van der Waals surface area contributed by atoms with Gasteiger partial charge in [-0.25, -0.2) is 4.79 Å². The Morgan fingerprint density at radius 1 is 1.31 bits per heavy atom. The lowest BCUT2D eigenvalue weighted by atomic mass is 10.1. The smallest absolute Gasteiger partial charge is 0.330 e. The molecule has 1 aromatic rings. The van der Waals surface area contributed by atoms with Crippen LogP contribution in [0.25, 0.3) is 0 Å². The highest BCUT2D eigenvalue weighted by Gasteiger charge is 1.94. The van der Waals surface area contributed by atoms with Crippen LogP contribution in [0.4, 0.5) is 0 Å². The second kappa shape index (κ2) is 7.65. The first kappa shape index (κ1) is 12.5. The molecule has 86 valence electrons. The quantitative estimate of drug-likeness (QED) is 0.429. The average molecular weight is 219 g/mol. The molecule has 0 aliphatic rings. The molecule has 0 bridgehead atoms. The van der Waals surface area contributed by atoms with Gasteiger partial charge in [-0.3, -0.25) is 0 Å². The van der Waals surface area contributed by atoms with Gasteiger partial charge in [0.15, 0.2) is 0 Å². The molecule has 0 heterocycles. The summed E-state index contributed by atoms with van der Waals surface area (Å²) >= 11 is 0. The lowest BCUT2D eigenvalue weighted by Crippen LogP contribution is -2.23. The predicted octanol–water partition coefficient (Wildman–Crippen LogP) is 1.55. The Balaban J connectivity index is 2.00. The summed E-state index contributed by atoms with van der Waals surface area (Å²) in [6.45, 7) is 5.27. The minimum atomic E-state index is -0.371. The van der Waals surface area contributed by atoms with Crippen molar-refractivity contribution in [3.05, 3.63) is 48.6 Å². The number of nitrogens with one attached hydrogen (secondary N) is 1. The van der Waals surface area contributed by atoms with Crippen molar-refractivity contribution in [2.75, 3.05) is 19.7 Å². The fraction of sp³-hybridized carbons (Fsp3) is 0.308. The van der Waals surface area contributed by atoms with Gasteiger partial charge in [0, 0.05) is 12.6 Å². The monoisotopic (exact) mass is 219 g/mol. The molecule has 0 saturated carbocycles. The lowest BCUT2D eigenvalue weighted by molar-refractivity contribution is -0.137. The number of hydrogen-bond donors (Lipinski definition) is 1. The molecular weight excluding hydrogens is 202 g/mol. The van der Waals surface area contributed by atoms with Crippen molar-refractivity contribution in [3.63, 3.8) is 0 Å². The molecule has 0 aromatic heterocycles. The number of carbonyl (C=O) groups excluding carboxylic acids is 1. The largest absolute Gasteiger partial charge is 0.461 e. The SMILES string of the molecule is C=CC(=O)OCCNCCc1ccccc1. The van der Waals surface area contributed by atoms with Gasteiger partial charge >= 0.3 is 5.97 Å². The molecule has 1 aromatic carbocycles. The Morgan fingerprint density at radius 3 is 2.75 bits per heavy atom. The van der Waals surface area contributed by atoms with Crippen molar-refractivity contribution in [2.45, 2.75) is 6.42 Å². The van der Waals surface area contributed by atoms with E-state index in [1.54, 1.807) is 0 Å². The minimum absolute atomic E-state index is 0.371. The summed E-state index contributed by atoms with van der Waals surface area (Å²) in [6.07, 6.45) is 2.15. The first-order chi connectivity index (χ1) is 7.83. The van der Waals surface area contributed by atoms with E-state index in [1.165, 1.54) is 11.6 Å². The van der Waals surface area contributed by atoms with E-state index < -0.39 is 0 Å². The summed E-state index contributed by atoms with van der Waals surface area (Å²) in [5.74, 6) is -0.371. The number of hydrogen-bond acceptors (Lipinski definition) is 3. The van der Waals surface area contributed by atoms with Gasteiger partial charge in [-0.15, -0.1) is 0 Å². The van der Waals surface area contributed by atoms with Gasteiger partial charge < -0.3 is 10.1 Å². The van der Waals surface area contributed by atoms with Gasteiger partial charge in [-0.05, 0) is 18.5 Å². The van der Waals surface area contributed by atoms with Crippen LogP contribution >= 0.6 is 0 Å². The highest BCUT2D eigenvalue weighted by atomic mass is 16.5. The third kappa shape index (κ3) is 5.32. The van der Waals surface area contributed by atoms with E-state index in [1.807, 2.05) is 18.2 Å². The number of esters is 1. The van der Waals surface area contributed by atoms with Crippen LogP contribution in [0.15, 0.2) is 43.0 Å². The van der Waals surface area contributed by atoms with Crippen LogP contribution in [0.2, 0.25) is 0 Å². The molecule has 0 unspecified atom stereocenters. The molecule has 16 heavy (non-hydrogen) atoms. The second-order valence-electron chi connectivity index (χ2n) is 3.36. The maximum Gasteiger partial charge on any atom is 0.330 e. The highest BCUT2D eigenvalue weighted by molar-refractivity contribution is 5.81. The molecule has 1 rings (SSSR count). The van der Waals surface area contributed by atoms with E-state index in [-0.39, 0.29) is 5.97 Å². The Kier molecular flexibility index (Phi) is 5.96. The standard InChI is InChI=1S/C13H17NO2/c1-2-13(15)16-11-10-14-9-8-12-6-4-3-5-7-12/h2-7,14H,1,8-11H2.